The average molecular weight is 388 g/mol. The maximum Gasteiger partial charge on any atom is 0.326 e. The summed E-state index contributed by atoms with van der Waals surface area (Å²) >= 11 is 0. The Bertz CT molecular complexity index is 535. The minimum atomic E-state index is -1.33. The van der Waals surface area contributed by atoms with E-state index in [4.69, 9.17) is 17.2 Å². The fraction of sp³-hybridized carbons (Fsp3) is 0.750. The van der Waals surface area contributed by atoms with Crippen molar-refractivity contribution in [1.29, 1.82) is 0 Å². The van der Waals surface area contributed by atoms with E-state index in [0.717, 1.165) is 0 Å². The number of nitrogens with one attached hydrogen (secondary N) is 2. The topological polar surface area (TPSA) is 206 Å². The minimum absolute atomic E-state index is 0.0741. The van der Waals surface area contributed by atoms with Crippen LogP contribution in [0.15, 0.2) is 4.99 Å². The van der Waals surface area contributed by atoms with E-state index in [1.165, 1.54) is 6.92 Å². The molecule has 0 saturated carbocycles. The third-order valence-electron chi connectivity index (χ3n) is 4.18. The number of aliphatic hydroxyl groups is 1. The van der Waals surface area contributed by atoms with Gasteiger partial charge < -0.3 is 38.0 Å². The van der Waals surface area contributed by atoms with Gasteiger partial charge in [-0.15, -0.1) is 0 Å². The molecule has 0 fully saturated rings. The van der Waals surface area contributed by atoms with Gasteiger partial charge in [0, 0.05) is 6.54 Å². The zero-order chi connectivity index (χ0) is 21.1. The van der Waals surface area contributed by atoms with Gasteiger partial charge in [-0.25, -0.2) is 4.79 Å². The summed E-state index contributed by atoms with van der Waals surface area (Å²) in [6.07, 6.45) is -0.185. The monoisotopic (exact) mass is 388 g/mol. The van der Waals surface area contributed by atoms with Crippen LogP contribution in [0.2, 0.25) is 0 Å². The molecule has 0 aromatic rings. The number of carboxylic acids is 1. The number of carbonyl (C=O) groups is 3. The number of carbonyl (C=O) groups excluding carboxylic acids is 2. The third kappa shape index (κ3) is 9.20. The summed E-state index contributed by atoms with van der Waals surface area (Å²) in [7, 11) is 0. The highest BCUT2D eigenvalue weighted by atomic mass is 16.4. The van der Waals surface area contributed by atoms with Crippen LogP contribution in [0.4, 0.5) is 0 Å². The fourth-order valence-corrected chi connectivity index (χ4v) is 2.19. The van der Waals surface area contributed by atoms with Gasteiger partial charge >= 0.3 is 5.97 Å². The van der Waals surface area contributed by atoms with Crippen molar-refractivity contribution in [1.82, 2.24) is 10.6 Å². The number of hydrogen-bond donors (Lipinski definition) is 7. The number of carboxylic acid groups (broad SMARTS) is 1. The van der Waals surface area contributed by atoms with Crippen LogP contribution in [-0.4, -0.2) is 64.7 Å². The van der Waals surface area contributed by atoms with E-state index in [1.807, 2.05) is 6.92 Å². The summed E-state index contributed by atoms with van der Waals surface area (Å²) < 4.78 is 0. The van der Waals surface area contributed by atoms with Crippen molar-refractivity contribution in [3.63, 3.8) is 0 Å². The number of aliphatic imine (C=N–C) groups is 1. The molecule has 156 valence electrons. The molecular formula is C16H32N6O5. The van der Waals surface area contributed by atoms with Gasteiger partial charge in [0.25, 0.3) is 0 Å². The Morgan fingerprint density at radius 3 is 2.15 bits per heavy atom. The number of nitrogens with two attached hydrogens (primary N) is 3. The maximum absolute atomic E-state index is 12.4. The second kappa shape index (κ2) is 12.1. The van der Waals surface area contributed by atoms with E-state index >= 15 is 0 Å². The average Bonchev–Trinajstić information content (AvgIpc) is 2.59. The second-order valence-corrected chi connectivity index (χ2v) is 6.49. The van der Waals surface area contributed by atoms with Gasteiger partial charge in [-0.3, -0.25) is 14.6 Å². The first kappa shape index (κ1) is 24.6. The molecule has 0 rings (SSSR count). The lowest BCUT2D eigenvalue weighted by Gasteiger charge is -2.26. The first-order chi connectivity index (χ1) is 12.5. The smallest absolute Gasteiger partial charge is 0.326 e. The molecule has 0 saturated heterocycles. The minimum Gasteiger partial charge on any atom is -0.480 e. The van der Waals surface area contributed by atoms with E-state index in [2.05, 4.69) is 15.6 Å². The molecule has 2 amide bonds. The highest BCUT2D eigenvalue weighted by molar-refractivity contribution is 5.92. The van der Waals surface area contributed by atoms with Gasteiger partial charge in [-0.1, -0.05) is 20.3 Å². The van der Waals surface area contributed by atoms with Crippen molar-refractivity contribution in [2.75, 3.05) is 6.54 Å². The van der Waals surface area contributed by atoms with Crippen molar-refractivity contribution in [3.05, 3.63) is 0 Å². The molecule has 0 unspecified atom stereocenters. The molecular weight excluding hydrogens is 356 g/mol. The molecule has 0 aliphatic heterocycles. The lowest BCUT2D eigenvalue weighted by Crippen LogP contribution is -2.58. The predicted octanol–water partition coefficient (Wildman–Crippen LogP) is -2.15. The summed E-state index contributed by atoms with van der Waals surface area (Å²) in [6, 6.07) is -3.39. The fourth-order valence-electron chi connectivity index (χ4n) is 2.19. The summed E-state index contributed by atoms with van der Waals surface area (Å²) in [5, 5.41) is 23.8. The SMILES string of the molecule is CC[C@H](C)[C@H](N)C(=O)N[C@H](C(=O)N[C@@H](CCCN=C(N)N)C(=O)O)[C@@H](C)O. The van der Waals surface area contributed by atoms with Gasteiger partial charge in [0.15, 0.2) is 5.96 Å². The van der Waals surface area contributed by atoms with Gasteiger partial charge in [-0.2, -0.15) is 0 Å². The lowest BCUT2D eigenvalue weighted by molar-refractivity contribution is -0.143. The molecule has 0 radical (unpaired) electrons. The van der Waals surface area contributed by atoms with E-state index in [-0.39, 0.29) is 24.8 Å². The number of amides is 2. The standard InChI is InChI=1S/C16H32N6O5/c1-4-8(2)11(17)13(24)22-12(9(3)23)14(25)21-10(15(26)27)6-5-7-20-16(18)19/h8-12,23H,4-7,17H2,1-3H3,(H,21,25)(H,22,24)(H,26,27)(H4,18,19,20)/t8-,9+,10-,11-,12-/m0/s1. The van der Waals surface area contributed by atoms with Crippen LogP contribution in [0.1, 0.15) is 40.0 Å². The second-order valence-electron chi connectivity index (χ2n) is 6.49. The highest BCUT2D eigenvalue weighted by Gasteiger charge is 2.31. The molecule has 5 atom stereocenters. The molecule has 0 aliphatic rings. The van der Waals surface area contributed by atoms with Crippen molar-refractivity contribution < 1.29 is 24.6 Å². The third-order valence-corrected chi connectivity index (χ3v) is 4.18. The Morgan fingerprint density at radius 1 is 1.11 bits per heavy atom. The number of hydrogen-bond acceptors (Lipinski definition) is 6. The van der Waals surface area contributed by atoms with Crippen LogP contribution in [0.25, 0.3) is 0 Å². The largest absolute Gasteiger partial charge is 0.480 e. The molecule has 0 spiro atoms. The van der Waals surface area contributed by atoms with E-state index in [1.54, 1.807) is 6.92 Å². The zero-order valence-corrected chi connectivity index (χ0v) is 16.0. The van der Waals surface area contributed by atoms with Crippen LogP contribution in [0.3, 0.4) is 0 Å². The molecule has 0 aliphatic carbocycles. The number of aliphatic hydroxyl groups excluding tert-OH is 1. The Kier molecular flexibility index (Phi) is 11.0. The maximum atomic E-state index is 12.4. The molecule has 11 nitrogen and oxygen atoms in total. The molecule has 10 N–H and O–H groups in total. The van der Waals surface area contributed by atoms with E-state index in [9.17, 15) is 24.6 Å². The Labute approximate surface area is 158 Å². The van der Waals surface area contributed by atoms with Crippen molar-refractivity contribution in [2.24, 2.45) is 28.1 Å². The summed E-state index contributed by atoms with van der Waals surface area (Å²) in [5.74, 6) is -2.89. The number of rotatable bonds is 12. The first-order valence-corrected chi connectivity index (χ1v) is 8.83. The Balaban J connectivity index is 4.94. The lowest BCUT2D eigenvalue weighted by atomic mass is 9.98. The molecule has 27 heavy (non-hydrogen) atoms. The van der Waals surface area contributed by atoms with Gasteiger partial charge in [0.1, 0.15) is 12.1 Å². The number of nitrogens with zero attached hydrogens (tertiary/aromatic N) is 1. The Morgan fingerprint density at radius 2 is 1.70 bits per heavy atom. The van der Waals surface area contributed by atoms with E-state index in [0.29, 0.717) is 12.8 Å². The molecule has 0 aromatic heterocycles. The number of aliphatic carboxylic acids is 1. The van der Waals surface area contributed by atoms with Crippen molar-refractivity contribution in [3.8, 4) is 0 Å². The van der Waals surface area contributed by atoms with Crippen LogP contribution < -0.4 is 27.8 Å². The highest BCUT2D eigenvalue weighted by Crippen LogP contribution is 2.07. The predicted molar refractivity (Wildman–Crippen MR) is 101 cm³/mol. The summed E-state index contributed by atoms with van der Waals surface area (Å²) in [5.41, 5.74) is 16.2. The number of guanidine groups is 1. The summed E-state index contributed by atoms with van der Waals surface area (Å²) in [4.78, 5) is 39.6. The molecule has 0 aromatic carbocycles. The van der Waals surface area contributed by atoms with Crippen LogP contribution >= 0.6 is 0 Å². The molecule has 11 heteroatoms. The van der Waals surface area contributed by atoms with Gasteiger partial charge in [0.05, 0.1) is 12.1 Å². The van der Waals surface area contributed by atoms with Crippen molar-refractivity contribution >= 4 is 23.7 Å². The molecule has 0 heterocycles. The van der Waals surface area contributed by atoms with Crippen molar-refractivity contribution in [2.45, 2.75) is 64.3 Å². The van der Waals surface area contributed by atoms with Crippen LogP contribution in [-0.2, 0) is 14.4 Å². The Hall–Kier alpha value is -2.40. The zero-order valence-electron chi connectivity index (χ0n) is 16.0. The van der Waals surface area contributed by atoms with Gasteiger partial charge in [0.2, 0.25) is 11.8 Å². The quantitative estimate of drug-likeness (QED) is 0.111. The summed E-state index contributed by atoms with van der Waals surface area (Å²) in [6.45, 7) is 5.19. The van der Waals surface area contributed by atoms with Gasteiger partial charge in [-0.05, 0) is 25.7 Å². The normalized spacial score (nSPS) is 16.3. The first-order valence-electron chi connectivity index (χ1n) is 8.83. The molecule has 0 bridgehead atoms. The van der Waals surface area contributed by atoms with E-state index < -0.39 is 42.0 Å². The van der Waals surface area contributed by atoms with Crippen LogP contribution in [0, 0.1) is 5.92 Å². The van der Waals surface area contributed by atoms with Crippen LogP contribution in [0.5, 0.6) is 0 Å².